The molecule has 82 valence electrons. The molecule has 0 amide bonds. The lowest BCUT2D eigenvalue weighted by molar-refractivity contribution is 0.0687. The summed E-state index contributed by atoms with van der Waals surface area (Å²) in [7, 11) is 2.22. The van der Waals surface area contributed by atoms with Crippen molar-refractivity contribution in [3.8, 4) is 0 Å². The summed E-state index contributed by atoms with van der Waals surface area (Å²) in [6, 6.07) is 1.80. The van der Waals surface area contributed by atoms with E-state index in [1.54, 1.807) is 0 Å². The zero-order chi connectivity index (χ0) is 10.1. The quantitative estimate of drug-likeness (QED) is 0.664. The van der Waals surface area contributed by atoms with E-state index in [2.05, 4.69) is 23.8 Å². The predicted molar refractivity (Wildman–Crippen MR) is 59.3 cm³/mol. The normalized spacial score (nSPS) is 41.8. The van der Waals surface area contributed by atoms with Crippen molar-refractivity contribution in [3.05, 3.63) is 0 Å². The van der Waals surface area contributed by atoms with Gasteiger partial charge in [0, 0.05) is 37.8 Å². The first-order valence-electron chi connectivity index (χ1n) is 5.88. The summed E-state index contributed by atoms with van der Waals surface area (Å²) in [5, 5.41) is 0. The lowest BCUT2D eigenvalue weighted by Crippen LogP contribution is -2.56. The smallest absolute Gasteiger partial charge is 0.0248 e. The minimum absolute atomic E-state index is 0.436. The number of nitrogens with zero attached hydrogens (tertiary/aromatic N) is 2. The molecule has 2 rings (SSSR count). The third-order valence-corrected chi connectivity index (χ3v) is 3.99. The molecule has 1 saturated heterocycles. The highest BCUT2D eigenvalue weighted by atomic mass is 15.3. The van der Waals surface area contributed by atoms with Crippen LogP contribution in [0.3, 0.4) is 0 Å². The molecule has 3 unspecified atom stereocenters. The van der Waals surface area contributed by atoms with Crippen molar-refractivity contribution in [1.29, 1.82) is 0 Å². The Kier molecular flexibility index (Phi) is 3.10. The van der Waals surface area contributed by atoms with Gasteiger partial charge < -0.3 is 10.6 Å². The second-order valence-electron chi connectivity index (χ2n) is 4.99. The number of nitrogens with two attached hydrogens (primary N) is 1. The summed E-state index contributed by atoms with van der Waals surface area (Å²) in [5.41, 5.74) is 6.13. The van der Waals surface area contributed by atoms with Gasteiger partial charge in [0.15, 0.2) is 0 Å². The highest BCUT2D eigenvalue weighted by Crippen LogP contribution is 2.24. The van der Waals surface area contributed by atoms with Crippen LogP contribution in [-0.4, -0.2) is 54.6 Å². The van der Waals surface area contributed by atoms with Gasteiger partial charge in [0.05, 0.1) is 0 Å². The Morgan fingerprint density at radius 3 is 2.57 bits per heavy atom. The molecule has 1 heterocycles. The molecule has 0 aromatic heterocycles. The molecule has 0 aromatic rings. The Morgan fingerprint density at radius 1 is 1.21 bits per heavy atom. The Morgan fingerprint density at radius 2 is 2.00 bits per heavy atom. The summed E-state index contributed by atoms with van der Waals surface area (Å²) in [4.78, 5) is 5.05. The molecule has 3 heteroatoms. The van der Waals surface area contributed by atoms with Gasteiger partial charge in [0.2, 0.25) is 0 Å². The van der Waals surface area contributed by atoms with Crippen LogP contribution in [0, 0.1) is 0 Å². The maximum Gasteiger partial charge on any atom is 0.0248 e. The average molecular weight is 197 g/mol. The van der Waals surface area contributed by atoms with Crippen LogP contribution in [0.25, 0.3) is 0 Å². The van der Waals surface area contributed by atoms with Crippen LogP contribution in [0.4, 0.5) is 0 Å². The lowest BCUT2D eigenvalue weighted by Gasteiger charge is -2.41. The minimum atomic E-state index is 0.436. The van der Waals surface area contributed by atoms with Crippen molar-refractivity contribution in [3.63, 3.8) is 0 Å². The van der Waals surface area contributed by atoms with Gasteiger partial charge in [0.25, 0.3) is 0 Å². The zero-order valence-electron chi connectivity index (χ0n) is 9.45. The molecule has 0 radical (unpaired) electrons. The van der Waals surface area contributed by atoms with E-state index < -0.39 is 0 Å². The Bertz CT molecular complexity index is 195. The Labute approximate surface area is 87.2 Å². The largest absolute Gasteiger partial charge is 0.326 e. The van der Waals surface area contributed by atoms with Gasteiger partial charge in [-0.2, -0.15) is 0 Å². The fraction of sp³-hybridized carbons (Fsp3) is 1.00. The van der Waals surface area contributed by atoms with Crippen molar-refractivity contribution in [2.45, 2.75) is 44.3 Å². The van der Waals surface area contributed by atoms with Crippen LogP contribution in [0.2, 0.25) is 0 Å². The number of hydrogen-bond acceptors (Lipinski definition) is 3. The van der Waals surface area contributed by atoms with Crippen LogP contribution < -0.4 is 5.73 Å². The van der Waals surface area contributed by atoms with E-state index in [0.29, 0.717) is 18.1 Å². The average Bonchev–Trinajstić information content (AvgIpc) is 2.57. The van der Waals surface area contributed by atoms with Crippen molar-refractivity contribution in [1.82, 2.24) is 9.80 Å². The van der Waals surface area contributed by atoms with Crippen molar-refractivity contribution in [2.75, 3.05) is 26.7 Å². The van der Waals surface area contributed by atoms with Gasteiger partial charge >= 0.3 is 0 Å². The molecule has 2 aliphatic rings. The third-order valence-electron chi connectivity index (χ3n) is 3.99. The van der Waals surface area contributed by atoms with Crippen LogP contribution in [0.5, 0.6) is 0 Å². The van der Waals surface area contributed by atoms with Crippen molar-refractivity contribution >= 4 is 0 Å². The van der Waals surface area contributed by atoms with Gasteiger partial charge in [-0.1, -0.05) is 6.42 Å². The molecule has 3 atom stereocenters. The van der Waals surface area contributed by atoms with Gasteiger partial charge in [-0.25, -0.2) is 0 Å². The molecule has 14 heavy (non-hydrogen) atoms. The van der Waals surface area contributed by atoms with E-state index in [1.807, 2.05) is 0 Å². The molecule has 3 nitrogen and oxygen atoms in total. The van der Waals surface area contributed by atoms with E-state index in [4.69, 9.17) is 5.73 Å². The predicted octanol–water partition coefficient (Wildman–Crippen LogP) is 0.502. The Balaban J connectivity index is 1.92. The maximum atomic E-state index is 6.13. The third kappa shape index (κ3) is 1.95. The van der Waals surface area contributed by atoms with Crippen LogP contribution in [0.1, 0.15) is 26.2 Å². The van der Waals surface area contributed by atoms with E-state index in [-0.39, 0.29) is 0 Å². The number of rotatable bonds is 1. The highest BCUT2D eigenvalue weighted by Gasteiger charge is 2.32. The molecule has 0 bridgehead atoms. The molecule has 2 fully saturated rings. The summed E-state index contributed by atoms with van der Waals surface area (Å²) >= 11 is 0. The lowest BCUT2D eigenvalue weighted by atomic mass is 10.1. The minimum Gasteiger partial charge on any atom is -0.326 e. The molecule has 0 aromatic carbocycles. The van der Waals surface area contributed by atoms with Gasteiger partial charge in [-0.05, 0) is 26.8 Å². The van der Waals surface area contributed by atoms with E-state index in [9.17, 15) is 0 Å². The molecular formula is C11H23N3. The Hall–Kier alpha value is -0.120. The van der Waals surface area contributed by atoms with Crippen LogP contribution in [-0.2, 0) is 0 Å². The van der Waals surface area contributed by atoms with Gasteiger partial charge in [-0.15, -0.1) is 0 Å². The van der Waals surface area contributed by atoms with Gasteiger partial charge in [0.1, 0.15) is 0 Å². The molecule has 1 saturated carbocycles. The summed E-state index contributed by atoms with van der Waals surface area (Å²) in [5.74, 6) is 0. The van der Waals surface area contributed by atoms with Crippen molar-refractivity contribution < 1.29 is 0 Å². The maximum absolute atomic E-state index is 6.13. The van der Waals surface area contributed by atoms with E-state index >= 15 is 0 Å². The molecule has 0 spiro atoms. The second kappa shape index (κ2) is 4.17. The first kappa shape index (κ1) is 10.4. The van der Waals surface area contributed by atoms with Crippen LogP contribution in [0.15, 0.2) is 0 Å². The summed E-state index contributed by atoms with van der Waals surface area (Å²) in [6.45, 7) is 5.92. The van der Waals surface area contributed by atoms with E-state index in [0.717, 1.165) is 0 Å². The van der Waals surface area contributed by atoms with Crippen LogP contribution >= 0.6 is 0 Å². The number of piperazine rings is 1. The monoisotopic (exact) mass is 197 g/mol. The molecule has 2 N–H and O–H groups in total. The first-order valence-corrected chi connectivity index (χ1v) is 5.88. The van der Waals surface area contributed by atoms with E-state index in [1.165, 1.54) is 38.9 Å². The topological polar surface area (TPSA) is 32.5 Å². The molecular weight excluding hydrogens is 174 g/mol. The standard InChI is InChI=1S/C11H23N3/c1-9-8-14(7-6-13(9)2)11-5-3-4-10(11)12/h9-11H,3-8,12H2,1-2H3. The first-order chi connectivity index (χ1) is 6.68. The highest BCUT2D eigenvalue weighted by molar-refractivity contribution is 4.91. The van der Waals surface area contributed by atoms with Gasteiger partial charge in [-0.3, -0.25) is 4.90 Å². The zero-order valence-corrected chi connectivity index (χ0v) is 9.45. The fourth-order valence-corrected chi connectivity index (χ4v) is 2.80. The number of likely N-dealkylation sites (N-methyl/N-ethyl adjacent to an activating group) is 1. The summed E-state index contributed by atoms with van der Waals surface area (Å²) in [6.07, 6.45) is 3.87. The SMILES string of the molecule is CC1CN(C2CCCC2N)CCN1C. The number of hydrogen-bond donors (Lipinski definition) is 1. The fourth-order valence-electron chi connectivity index (χ4n) is 2.80. The van der Waals surface area contributed by atoms with Crippen molar-refractivity contribution in [2.24, 2.45) is 5.73 Å². The second-order valence-corrected chi connectivity index (χ2v) is 4.99. The summed E-state index contributed by atoms with van der Waals surface area (Å²) < 4.78 is 0. The molecule has 1 aliphatic carbocycles. The molecule has 1 aliphatic heterocycles.